The van der Waals surface area contributed by atoms with Crippen LogP contribution in [0.4, 0.5) is 0 Å². The zero-order chi connectivity index (χ0) is 22.6. The average Bonchev–Trinajstić information content (AvgIpc) is 3.08. The summed E-state index contributed by atoms with van der Waals surface area (Å²) in [7, 11) is -4.76. The highest BCUT2D eigenvalue weighted by molar-refractivity contribution is 7.85. The minimum Gasteiger partial charge on any atom is -0.493 e. The maximum absolute atomic E-state index is 12.8. The summed E-state index contributed by atoms with van der Waals surface area (Å²) in [6, 6.07) is 7.47. The van der Waals surface area contributed by atoms with Crippen molar-refractivity contribution >= 4 is 30.5 Å². The lowest BCUT2D eigenvalue weighted by atomic mass is 10.1. The van der Waals surface area contributed by atoms with E-state index in [2.05, 4.69) is 4.52 Å². The lowest BCUT2D eigenvalue weighted by Crippen LogP contribution is -2.04. The van der Waals surface area contributed by atoms with Crippen molar-refractivity contribution in [2.45, 2.75) is 18.2 Å². The van der Waals surface area contributed by atoms with E-state index in [0.29, 0.717) is 28.6 Å². The highest BCUT2D eigenvalue weighted by Gasteiger charge is 2.25. The number of ether oxygens (including phenoxy) is 3. The first-order valence-corrected chi connectivity index (χ1v) is 12.0. The Labute approximate surface area is 181 Å². The second kappa shape index (κ2) is 9.65. The number of phosphoric ester groups is 1. The Kier molecular flexibility index (Phi) is 7.17. The minimum absolute atomic E-state index is 0.0320. The Morgan fingerprint density at radius 2 is 2.00 bits per heavy atom. The van der Waals surface area contributed by atoms with Crippen molar-refractivity contribution in [2.24, 2.45) is 0 Å². The second-order valence-corrected chi connectivity index (χ2v) is 8.97. The number of carbonyl (C=O) groups excluding carboxylic acids is 1. The molecule has 1 unspecified atom stereocenters. The van der Waals surface area contributed by atoms with E-state index in [9.17, 15) is 13.6 Å². The van der Waals surface area contributed by atoms with Crippen molar-refractivity contribution in [3.8, 4) is 23.0 Å². The maximum Gasteiger partial charge on any atom is 0.524 e. The standard InChI is InChI=1S/C20H21O9PS/c1-3-8-27-17-11-20-19(28-12-31(20)25)10-14(17)15(21)6-4-13-5-7-16(26-2)18(9-13)29-30(22,23)24/h4-7,9-11H,3,8,12H2,1-2H3,(H2,22,23,24). The van der Waals surface area contributed by atoms with Gasteiger partial charge in [-0.25, -0.2) is 4.57 Å². The molecule has 0 spiro atoms. The molecule has 1 atom stereocenters. The molecule has 3 rings (SSSR count). The van der Waals surface area contributed by atoms with Gasteiger partial charge < -0.3 is 18.7 Å². The zero-order valence-electron chi connectivity index (χ0n) is 16.8. The molecule has 0 radical (unpaired) electrons. The number of methoxy groups -OCH3 is 1. The first-order chi connectivity index (χ1) is 14.7. The van der Waals surface area contributed by atoms with Gasteiger partial charge in [-0.05, 0) is 36.3 Å². The Balaban J connectivity index is 1.90. The lowest BCUT2D eigenvalue weighted by molar-refractivity contribution is 0.104. The zero-order valence-corrected chi connectivity index (χ0v) is 18.5. The van der Waals surface area contributed by atoms with Crippen LogP contribution in [0, 0.1) is 0 Å². The van der Waals surface area contributed by atoms with Gasteiger partial charge in [0, 0.05) is 6.07 Å². The van der Waals surface area contributed by atoms with Crippen molar-refractivity contribution in [3.05, 3.63) is 47.5 Å². The third-order valence-electron chi connectivity index (χ3n) is 4.17. The average molecular weight is 468 g/mol. The van der Waals surface area contributed by atoms with Gasteiger partial charge in [-0.2, -0.15) is 0 Å². The first kappa shape index (κ1) is 23.0. The summed E-state index contributed by atoms with van der Waals surface area (Å²) in [6.07, 6.45) is 3.48. The molecule has 0 aromatic heterocycles. The molecule has 1 heterocycles. The predicted molar refractivity (Wildman–Crippen MR) is 113 cm³/mol. The molecule has 31 heavy (non-hydrogen) atoms. The molecule has 0 saturated heterocycles. The summed E-state index contributed by atoms with van der Waals surface area (Å²) in [5.74, 6) is 0.305. The van der Waals surface area contributed by atoms with Crippen LogP contribution in [-0.4, -0.2) is 39.4 Å². The van der Waals surface area contributed by atoms with Crippen LogP contribution >= 0.6 is 7.82 Å². The van der Waals surface area contributed by atoms with Gasteiger partial charge in [0.15, 0.2) is 23.2 Å². The Bertz CT molecular complexity index is 1090. The first-order valence-electron chi connectivity index (χ1n) is 9.19. The van der Waals surface area contributed by atoms with Crippen LogP contribution in [0.5, 0.6) is 23.0 Å². The van der Waals surface area contributed by atoms with Gasteiger partial charge in [0.1, 0.15) is 11.5 Å². The molecule has 166 valence electrons. The number of fused-ring (bicyclic) bond motifs is 1. The molecular formula is C20H21O9PS. The van der Waals surface area contributed by atoms with Crippen LogP contribution in [0.25, 0.3) is 6.08 Å². The van der Waals surface area contributed by atoms with Crippen molar-refractivity contribution in [1.82, 2.24) is 0 Å². The largest absolute Gasteiger partial charge is 0.524 e. The number of ketones is 1. The van der Waals surface area contributed by atoms with E-state index >= 15 is 0 Å². The van der Waals surface area contributed by atoms with Crippen LogP contribution < -0.4 is 18.7 Å². The van der Waals surface area contributed by atoms with Gasteiger partial charge in [-0.15, -0.1) is 0 Å². The van der Waals surface area contributed by atoms with Crippen molar-refractivity contribution < 1.29 is 42.1 Å². The summed E-state index contributed by atoms with van der Waals surface area (Å²) < 4.78 is 43.9. The molecule has 0 aliphatic carbocycles. The Morgan fingerprint density at radius 1 is 1.23 bits per heavy atom. The quantitative estimate of drug-likeness (QED) is 0.323. The Morgan fingerprint density at radius 3 is 2.68 bits per heavy atom. The van der Waals surface area contributed by atoms with Gasteiger partial charge in [0.05, 0.1) is 35.0 Å². The molecule has 1 aliphatic heterocycles. The van der Waals surface area contributed by atoms with Crippen LogP contribution in [0.2, 0.25) is 0 Å². The van der Waals surface area contributed by atoms with Gasteiger partial charge in [0.25, 0.3) is 0 Å². The van der Waals surface area contributed by atoms with Crippen LogP contribution in [-0.2, 0) is 15.4 Å². The monoisotopic (exact) mass is 468 g/mol. The molecule has 9 nitrogen and oxygen atoms in total. The van der Waals surface area contributed by atoms with Gasteiger partial charge in [0.2, 0.25) is 0 Å². The number of hydrogen-bond donors (Lipinski definition) is 2. The van der Waals surface area contributed by atoms with Gasteiger partial charge in [-0.1, -0.05) is 19.1 Å². The molecule has 0 amide bonds. The summed E-state index contributed by atoms with van der Waals surface area (Å²) in [5, 5.41) is 0. The third kappa shape index (κ3) is 5.74. The van der Waals surface area contributed by atoms with E-state index in [0.717, 1.165) is 6.42 Å². The van der Waals surface area contributed by atoms with E-state index in [1.807, 2.05) is 6.92 Å². The van der Waals surface area contributed by atoms with E-state index in [1.165, 1.54) is 37.5 Å². The number of benzene rings is 2. The molecule has 11 heteroatoms. The fourth-order valence-corrected chi connectivity index (χ4v) is 4.14. The SMILES string of the molecule is CCCOc1cc2c(cc1C(=O)C=Cc1ccc(OC)c(OP(=O)(O)O)c1)OCS2=O. The van der Waals surface area contributed by atoms with Crippen molar-refractivity contribution in [3.63, 3.8) is 0 Å². The molecule has 0 saturated carbocycles. The van der Waals surface area contributed by atoms with Crippen LogP contribution in [0.3, 0.4) is 0 Å². The van der Waals surface area contributed by atoms with E-state index in [1.54, 1.807) is 12.1 Å². The molecule has 2 aromatic carbocycles. The second-order valence-electron chi connectivity index (χ2n) is 6.44. The van der Waals surface area contributed by atoms with Crippen molar-refractivity contribution in [2.75, 3.05) is 19.7 Å². The smallest absolute Gasteiger partial charge is 0.493 e. The van der Waals surface area contributed by atoms with E-state index in [4.69, 9.17) is 24.0 Å². The third-order valence-corrected chi connectivity index (χ3v) is 5.75. The van der Waals surface area contributed by atoms with Gasteiger partial charge in [-0.3, -0.25) is 18.8 Å². The fraction of sp³-hybridized carbons (Fsp3) is 0.250. The molecular weight excluding hydrogens is 447 g/mol. The molecule has 2 N–H and O–H groups in total. The summed E-state index contributed by atoms with van der Waals surface area (Å²) in [5.41, 5.74) is 0.703. The molecule has 0 bridgehead atoms. The Hall–Kier alpha value is -2.65. The summed E-state index contributed by atoms with van der Waals surface area (Å²) in [6.45, 7) is 2.31. The number of allylic oxidation sites excluding steroid dienone is 1. The topological polar surface area (TPSA) is 129 Å². The number of phosphoric acid groups is 1. The normalized spacial score (nSPS) is 15.4. The number of rotatable bonds is 9. The predicted octanol–water partition coefficient (Wildman–Crippen LogP) is 3.31. The summed E-state index contributed by atoms with van der Waals surface area (Å²) in [4.78, 5) is 31.4. The fourth-order valence-electron chi connectivity index (χ4n) is 2.79. The minimum atomic E-state index is -4.79. The highest BCUT2D eigenvalue weighted by atomic mass is 32.2. The lowest BCUT2D eigenvalue weighted by Gasteiger charge is -2.12. The molecule has 0 fully saturated rings. The number of carbonyl (C=O) groups is 1. The van der Waals surface area contributed by atoms with E-state index in [-0.39, 0.29) is 28.8 Å². The molecule has 1 aliphatic rings. The van der Waals surface area contributed by atoms with Crippen LogP contribution in [0.1, 0.15) is 29.3 Å². The summed E-state index contributed by atoms with van der Waals surface area (Å²) >= 11 is 0. The van der Waals surface area contributed by atoms with E-state index < -0.39 is 18.6 Å². The maximum atomic E-state index is 12.8. The molecule has 2 aromatic rings. The van der Waals surface area contributed by atoms with Gasteiger partial charge >= 0.3 is 7.82 Å². The van der Waals surface area contributed by atoms with Crippen LogP contribution in [0.15, 0.2) is 41.3 Å². The van der Waals surface area contributed by atoms with Crippen molar-refractivity contribution in [1.29, 1.82) is 0 Å². The highest BCUT2D eigenvalue weighted by Crippen LogP contribution is 2.42. The number of hydrogen-bond acceptors (Lipinski definition) is 7.